The molecule has 0 aliphatic heterocycles. The number of fused-ring (bicyclic) bond motifs is 1. The summed E-state index contributed by atoms with van der Waals surface area (Å²) in [5.41, 5.74) is 1.69. The summed E-state index contributed by atoms with van der Waals surface area (Å²) >= 11 is 0. The van der Waals surface area contributed by atoms with E-state index in [0.717, 1.165) is 29.6 Å². The molecule has 0 fully saturated rings. The number of ether oxygens (including phenoxy) is 1. The highest BCUT2D eigenvalue weighted by molar-refractivity contribution is 6.04. The topological polar surface area (TPSA) is 92.7 Å². The number of pyridine rings is 1. The average molecular weight is 457 g/mol. The summed E-state index contributed by atoms with van der Waals surface area (Å²) in [5, 5.41) is 18.0. The smallest absolute Gasteiger partial charge is 0.316 e. The molecule has 33 heavy (non-hydrogen) atoms. The summed E-state index contributed by atoms with van der Waals surface area (Å²) in [6.45, 7) is 4.57. The van der Waals surface area contributed by atoms with Gasteiger partial charge in [-0.25, -0.2) is 0 Å². The van der Waals surface area contributed by atoms with Crippen molar-refractivity contribution < 1.29 is 24.2 Å². The second-order valence-electron chi connectivity index (χ2n) is 8.00. The summed E-state index contributed by atoms with van der Waals surface area (Å²) in [4.78, 5) is 20.5. The molecular formula is C24H34N5O4+. The molecule has 0 spiro atoms. The van der Waals surface area contributed by atoms with Gasteiger partial charge in [-0.2, -0.15) is 5.10 Å². The standard InChI is InChI=1S/C24H33N5O4/c1-6-9-18(12-13-30)28-16-17-14-20(22(33-7-2)15-19(17)26-28)25-24(31)21-10-8-11-23(27(3)4)29(21)32-5/h8,10-11,14-16,18,30H,6-7,9,12-13H2,1-5H3/p+1/t18-/m1/s1. The second-order valence-corrected chi connectivity index (χ2v) is 8.00. The molecule has 1 aromatic carbocycles. The van der Waals surface area contributed by atoms with Crippen LogP contribution in [0.3, 0.4) is 0 Å². The zero-order chi connectivity index (χ0) is 24.0. The maximum absolute atomic E-state index is 13.2. The van der Waals surface area contributed by atoms with Gasteiger partial charge in [0.1, 0.15) is 12.9 Å². The zero-order valence-electron chi connectivity index (χ0n) is 20.0. The van der Waals surface area contributed by atoms with E-state index in [-0.39, 0.29) is 18.6 Å². The first-order valence-corrected chi connectivity index (χ1v) is 11.3. The number of nitrogens with one attached hydrogen (secondary N) is 1. The molecule has 2 aromatic heterocycles. The number of anilines is 2. The first-order valence-electron chi connectivity index (χ1n) is 11.3. The van der Waals surface area contributed by atoms with Crippen LogP contribution in [0.4, 0.5) is 11.5 Å². The van der Waals surface area contributed by atoms with Crippen LogP contribution in [0.25, 0.3) is 10.9 Å². The molecule has 2 heterocycles. The summed E-state index contributed by atoms with van der Waals surface area (Å²) in [5.74, 6) is 0.959. The Morgan fingerprint density at radius 3 is 2.70 bits per heavy atom. The molecule has 0 bridgehead atoms. The highest BCUT2D eigenvalue weighted by Crippen LogP contribution is 2.32. The fraction of sp³-hybridized carbons (Fsp3) is 0.458. The Kier molecular flexibility index (Phi) is 8.11. The Balaban J connectivity index is 1.99. The first-order chi connectivity index (χ1) is 15.9. The van der Waals surface area contributed by atoms with E-state index in [9.17, 15) is 9.90 Å². The van der Waals surface area contributed by atoms with Gasteiger partial charge in [0.15, 0.2) is 0 Å². The molecule has 2 N–H and O–H groups in total. The Labute approximate surface area is 194 Å². The summed E-state index contributed by atoms with van der Waals surface area (Å²) in [6.07, 6.45) is 4.52. The van der Waals surface area contributed by atoms with Gasteiger partial charge in [0.2, 0.25) is 5.69 Å². The number of aliphatic hydroxyl groups is 1. The van der Waals surface area contributed by atoms with Gasteiger partial charge in [-0.1, -0.05) is 13.3 Å². The van der Waals surface area contributed by atoms with Crippen LogP contribution in [0.2, 0.25) is 0 Å². The quantitative estimate of drug-likeness (QED) is 0.431. The Bertz CT molecular complexity index is 1090. The van der Waals surface area contributed by atoms with Gasteiger partial charge >= 0.3 is 5.82 Å². The van der Waals surface area contributed by atoms with Gasteiger partial charge in [0.25, 0.3) is 5.91 Å². The lowest BCUT2D eigenvalue weighted by Crippen LogP contribution is -2.50. The van der Waals surface area contributed by atoms with Crippen molar-refractivity contribution in [3.63, 3.8) is 0 Å². The zero-order valence-corrected chi connectivity index (χ0v) is 20.0. The van der Waals surface area contributed by atoms with Crippen LogP contribution in [-0.4, -0.2) is 55.2 Å². The molecule has 0 saturated carbocycles. The molecule has 0 aliphatic carbocycles. The van der Waals surface area contributed by atoms with E-state index >= 15 is 0 Å². The molecule has 0 unspecified atom stereocenters. The van der Waals surface area contributed by atoms with E-state index in [0.29, 0.717) is 30.2 Å². The number of aliphatic hydroxyl groups excluding tert-OH is 1. The molecule has 1 amide bonds. The van der Waals surface area contributed by atoms with E-state index in [1.807, 2.05) is 61.1 Å². The van der Waals surface area contributed by atoms with Crippen LogP contribution in [0.5, 0.6) is 5.75 Å². The first kappa shape index (κ1) is 24.3. The summed E-state index contributed by atoms with van der Waals surface area (Å²) in [7, 11) is 5.29. The minimum absolute atomic E-state index is 0.109. The molecule has 0 aliphatic rings. The predicted molar refractivity (Wildman–Crippen MR) is 128 cm³/mol. The highest BCUT2D eigenvalue weighted by Gasteiger charge is 2.24. The third-order valence-corrected chi connectivity index (χ3v) is 5.43. The van der Waals surface area contributed by atoms with Gasteiger partial charge in [0.05, 0.1) is 37.9 Å². The summed E-state index contributed by atoms with van der Waals surface area (Å²) < 4.78 is 9.21. The third kappa shape index (κ3) is 5.36. The van der Waals surface area contributed by atoms with Crippen LogP contribution in [0.15, 0.2) is 36.5 Å². The number of amides is 1. The van der Waals surface area contributed by atoms with Crippen molar-refractivity contribution in [3.8, 4) is 5.75 Å². The molecule has 3 aromatic rings. The normalized spacial score (nSPS) is 11.9. The molecule has 178 valence electrons. The highest BCUT2D eigenvalue weighted by atomic mass is 16.6. The monoisotopic (exact) mass is 456 g/mol. The average Bonchev–Trinajstić information content (AvgIpc) is 3.21. The Morgan fingerprint density at radius 2 is 2.06 bits per heavy atom. The maximum Gasteiger partial charge on any atom is 0.316 e. The lowest BCUT2D eigenvalue weighted by atomic mass is 10.1. The van der Waals surface area contributed by atoms with Crippen LogP contribution >= 0.6 is 0 Å². The maximum atomic E-state index is 13.2. The number of rotatable bonds is 11. The molecule has 1 atom stereocenters. The number of nitrogens with zero attached hydrogens (tertiary/aromatic N) is 4. The second kappa shape index (κ2) is 11.0. The van der Waals surface area contributed by atoms with Crippen LogP contribution in [0, 0.1) is 0 Å². The number of benzene rings is 1. The van der Waals surface area contributed by atoms with E-state index in [2.05, 4.69) is 12.2 Å². The fourth-order valence-corrected chi connectivity index (χ4v) is 3.88. The molecular weight excluding hydrogens is 422 g/mol. The number of carbonyl (C=O) groups is 1. The van der Waals surface area contributed by atoms with E-state index in [4.69, 9.17) is 14.7 Å². The molecule has 9 heteroatoms. The Morgan fingerprint density at radius 1 is 1.27 bits per heavy atom. The van der Waals surface area contributed by atoms with Crippen molar-refractivity contribution in [3.05, 3.63) is 42.2 Å². The minimum Gasteiger partial charge on any atom is -0.492 e. The van der Waals surface area contributed by atoms with Crippen LogP contribution < -0.4 is 24.5 Å². The molecule has 0 radical (unpaired) electrons. The lowest BCUT2D eigenvalue weighted by Gasteiger charge is -2.14. The fourth-order valence-electron chi connectivity index (χ4n) is 3.88. The van der Waals surface area contributed by atoms with Gasteiger partial charge < -0.3 is 20.0 Å². The number of aromatic nitrogens is 3. The molecule has 3 rings (SSSR count). The molecule has 0 saturated heterocycles. The van der Waals surface area contributed by atoms with Gasteiger partial charge in [0, 0.05) is 30.3 Å². The van der Waals surface area contributed by atoms with Crippen molar-refractivity contribution in [1.82, 2.24) is 9.78 Å². The van der Waals surface area contributed by atoms with E-state index < -0.39 is 0 Å². The number of hydrogen-bond donors (Lipinski definition) is 2. The van der Waals surface area contributed by atoms with Crippen molar-refractivity contribution in [2.45, 2.75) is 39.2 Å². The minimum atomic E-state index is -0.322. The number of carbonyl (C=O) groups excluding carboxylic acids is 1. The van der Waals surface area contributed by atoms with Crippen molar-refractivity contribution in [2.24, 2.45) is 0 Å². The van der Waals surface area contributed by atoms with Crippen LogP contribution in [-0.2, 0) is 0 Å². The van der Waals surface area contributed by atoms with Gasteiger partial charge in [-0.3, -0.25) is 14.4 Å². The Hall–Kier alpha value is -3.33. The lowest BCUT2D eigenvalue weighted by molar-refractivity contribution is -0.876. The van der Waals surface area contributed by atoms with Crippen molar-refractivity contribution in [2.75, 3.05) is 44.6 Å². The van der Waals surface area contributed by atoms with E-state index in [1.54, 1.807) is 6.07 Å². The summed E-state index contributed by atoms with van der Waals surface area (Å²) in [6, 6.07) is 9.21. The molecule has 9 nitrogen and oxygen atoms in total. The SMILES string of the molecule is CCC[C@H](CCO)n1cc2cc(NC(=O)c3cccc(N(C)C)[n+]3OC)c(OCC)cc2n1. The number of hydrogen-bond acceptors (Lipinski definition) is 6. The van der Waals surface area contributed by atoms with Crippen molar-refractivity contribution in [1.29, 1.82) is 0 Å². The predicted octanol–water partition coefficient (Wildman–Crippen LogP) is 2.82. The largest absolute Gasteiger partial charge is 0.492 e. The van der Waals surface area contributed by atoms with Crippen molar-refractivity contribution >= 4 is 28.3 Å². The van der Waals surface area contributed by atoms with E-state index in [1.165, 1.54) is 11.8 Å². The third-order valence-electron chi connectivity index (χ3n) is 5.43. The van der Waals surface area contributed by atoms with Gasteiger partial charge in [-0.05, 0) is 42.7 Å². The van der Waals surface area contributed by atoms with Crippen LogP contribution in [0.1, 0.15) is 49.6 Å². The van der Waals surface area contributed by atoms with Gasteiger partial charge in [-0.15, -0.1) is 0 Å².